The van der Waals surface area contributed by atoms with E-state index >= 15 is 0 Å². The number of carbonyl (C=O) groups excluding carboxylic acids is 1. The van der Waals surface area contributed by atoms with Crippen LogP contribution in [0.15, 0.2) is 66.9 Å². The fourth-order valence-electron chi connectivity index (χ4n) is 2.95. The summed E-state index contributed by atoms with van der Waals surface area (Å²) in [4.78, 5) is 16.7. The van der Waals surface area contributed by atoms with Crippen LogP contribution in [-0.4, -0.2) is 31.2 Å². The number of rotatable bonds is 9. The highest BCUT2D eigenvalue weighted by Crippen LogP contribution is 2.27. The summed E-state index contributed by atoms with van der Waals surface area (Å²) < 4.78 is 11.0. The summed E-state index contributed by atoms with van der Waals surface area (Å²) in [5.74, 6) is 1.36. The standard InChI is InChI=1S/C23H25N3O3/c1-3-29-22-11-7-5-9-19(22)26-18-13-15-24-20(16-18)23(27)25-14-12-17-8-4-6-10-21(17)28-2/h4-11,13,15-16H,3,12,14H2,1-2H3,(H,24,26)(H,25,27). The Bertz CT molecular complexity index is 959. The molecule has 6 heteroatoms. The number of hydrogen-bond acceptors (Lipinski definition) is 5. The number of amides is 1. The number of hydrogen-bond donors (Lipinski definition) is 2. The maximum absolute atomic E-state index is 12.5. The predicted molar refractivity (Wildman–Crippen MR) is 114 cm³/mol. The highest BCUT2D eigenvalue weighted by atomic mass is 16.5. The van der Waals surface area contributed by atoms with Crippen molar-refractivity contribution in [3.8, 4) is 11.5 Å². The second-order valence-electron chi connectivity index (χ2n) is 6.30. The van der Waals surface area contributed by atoms with Gasteiger partial charge in [-0.3, -0.25) is 9.78 Å². The van der Waals surface area contributed by atoms with Gasteiger partial charge >= 0.3 is 0 Å². The molecular formula is C23H25N3O3. The van der Waals surface area contributed by atoms with E-state index in [0.717, 1.165) is 28.4 Å². The third-order valence-electron chi connectivity index (χ3n) is 4.33. The summed E-state index contributed by atoms with van der Waals surface area (Å²) in [7, 11) is 1.64. The van der Waals surface area contributed by atoms with Crippen LogP contribution in [-0.2, 0) is 6.42 Å². The molecule has 0 spiro atoms. The lowest BCUT2D eigenvalue weighted by atomic mass is 10.1. The Morgan fingerprint density at radius 3 is 2.59 bits per heavy atom. The molecule has 0 radical (unpaired) electrons. The van der Waals surface area contributed by atoms with E-state index in [1.807, 2.05) is 61.5 Å². The van der Waals surface area contributed by atoms with Crippen LogP contribution in [0, 0.1) is 0 Å². The van der Waals surface area contributed by atoms with Gasteiger partial charge in [0, 0.05) is 18.4 Å². The second kappa shape index (κ2) is 10.1. The molecule has 0 saturated heterocycles. The first-order valence-corrected chi connectivity index (χ1v) is 9.56. The van der Waals surface area contributed by atoms with Crippen LogP contribution in [0.4, 0.5) is 11.4 Å². The van der Waals surface area contributed by atoms with Gasteiger partial charge in [0.15, 0.2) is 0 Å². The monoisotopic (exact) mass is 391 g/mol. The highest BCUT2D eigenvalue weighted by Gasteiger charge is 2.10. The van der Waals surface area contributed by atoms with Crippen LogP contribution in [0.25, 0.3) is 0 Å². The molecular weight excluding hydrogens is 366 g/mol. The first kappa shape index (κ1) is 20.2. The summed E-state index contributed by atoms with van der Waals surface area (Å²) in [6, 6.07) is 19.0. The Balaban J connectivity index is 1.62. The minimum absolute atomic E-state index is 0.221. The number of methoxy groups -OCH3 is 1. The number of aromatic nitrogens is 1. The lowest BCUT2D eigenvalue weighted by Gasteiger charge is -2.13. The molecule has 0 aliphatic rings. The molecule has 1 heterocycles. The Morgan fingerprint density at radius 1 is 1.03 bits per heavy atom. The van der Waals surface area contributed by atoms with E-state index in [9.17, 15) is 4.79 Å². The minimum atomic E-state index is -0.221. The van der Waals surface area contributed by atoms with E-state index in [1.54, 1.807) is 19.4 Å². The molecule has 0 bridgehead atoms. The molecule has 29 heavy (non-hydrogen) atoms. The molecule has 0 aliphatic heterocycles. The molecule has 1 amide bonds. The van der Waals surface area contributed by atoms with Gasteiger partial charge in [0.05, 0.1) is 19.4 Å². The zero-order chi connectivity index (χ0) is 20.5. The van der Waals surface area contributed by atoms with Crippen molar-refractivity contribution in [2.75, 3.05) is 25.6 Å². The summed E-state index contributed by atoms with van der Waals surface area (Å²) in [5.41, 5.74) is 3.00. The van der Waals surface area contributed by atoms with Gasteiger partial charge in [0.25, 0.3) is 5.91 Å². The normalized spacial score (nSPS) is 10.3. The lowest BCUT2D eigenvalue weighted by molar-refractivity contribution is 0.0949. The zero-order valence-corrected chi connectivity index (χ0v) is 16.6. The third-order valence-corrected chi connectivity index (χ3v) is 4.33. The van der Waals surface area contributed by atoms with Gasteiger partial charge in [-0.25, -0.2) is 0 Å². The highest BCUT2D eigenvalue weighted by molar-refractivity contribution is 5.93. The molecule has 0 unspecified atom stereocenters. The molecule has 1 aromatic heterocycles. The van der Waals surface area contributed by atoms with Crippen molar-refractivity contribution in [2.24, 2.45) is 0 Å². The van der Waals surface area contributed by atoms with Gasteiger partial charge in [0.1, 0.15) is 17.2 Å². The van der Waals surface area contributed by atoms with Crippen LogP contribution in [0.3, 0.4) is 0 Å². The maximum Gasteiger partial charge on any atom is 0.269 e. The Hall–Kier alpha value is -3.54. The molecule has 3 aromatic rings. The topological polar surface area (TPSA) is 72.5 Å². The Kier molecular flexibility index (Phi) is 7.05. The summed E-state index contributed by atoms with van der Waals surface area (Å²) >= 11 is 0. The van der Waals surface area contributed by atoms with Gasteiger partial charge in [0.2, 0.25) is 0 Å². The first-order valence-electron chi connectivity index (χ1n) is 9.56. The van der Waals surface area contributed by atoms with E-state index in [-0.39, 0.29) is 5.91 Å². The average Bonchev–Trinajstić information content (AvgIpc) is 2.76. The molecule has 0 atom stereocenters. The van der Waals surface area contributed by atoms with Gasteiger partial charge < -0.3 is 20.1 Å². The van der Waals surface area contributed by atoms with Crippen LogP contribution >= 0.6 is 0 Å². The van der Waals surface area contributed by atoms with E-state index in [2.05, 4.69) is 15.6 Å². The van der Waals surface area contributed by atoms with E-state index in [0.29, 0.717) is 25.3 Å². The Labute approximate surface area is 170 Å². The van der Waals surface area contributed by atoms with Crippen LogP contribution in [0.5, 0.6) is 11.5 Å². The van der Waals surface area contributed by atoms with E-state index < -0.39 is 0 Å². The number of nitrogens with zero attached hydrogens (tertiary/aromatic N) is 1. The number of ether oxygens (including phenoxy) is 2. The molecule has 2 N–H and O–H groups in total. The summed E-state index contributed by atoms with van der Waals surface area (Å²) in [5, 5.41) is 6.20. The summed E-state index contributed by atoms with van der Waals surface area (Å²) in [6.45, 7) is 3.01. The summed E-state index contributed by atoms with van der Waals surface area (Å²) in [6.07, 6.45) is 2.29. The maximum atomic E-state index is 12.5. The number of anilines is 2. The average molecular weight is 391 g/mol. The quantitative estimate of drug-likeness (QED) is 0.572. The zero-order valence-electron chi connectivity index (χ0n) is 16.6. The fraction of sp³-hybridized carbons (Fsp3) is 0.217. The van der Waals surface area contributed by atoms with Gasteiger partial charge in [-0.15, -0.1) is 0 Å². The molecule has 0 aliphatic carbocycles. The van der Waals surface area contributed by atoms with Crippen molar-refractivity contribution in [3.63, 3.8) is 0 Å². The predicted octanol–water partition coefficient (Wildman–Crippen LogP) is 4.21. The SMILES string of the molecule is CCOc1ccccc1Nc1ccnc(C(=O)NCCc2ccccc2OC)c1. The molecule has 2 aromatic carbocycles. The van der Waals surface area contributed by atoms with Crippen molar-refractivity contribution in [2.45, 2.75) is 13.3 Å². The number of carbonyl (C=O) groups is 1. The van der Waals surface area contributed by atoms with Crippen molar-refractivity contribution in [3.05, 3.63) is 78.1 Å². The van der Waals surface area contributed by atoms with Crippen molar-refractivity contribution in [1.82, 2.24) is 10.3 Å². The number of para-hydroxylation sites is 3. The third kappa shape index (κ3) is 5.48. The fourth-order valence-corrected chi connectivity index (χ4v) is 2.95. The molecule has 6 nitrogen and oxygen atoms in total. The van der Waals surface area contributed by atoms with E-state index in [1.165, 1.54) is 0 Å². The first-order chi connectivity index (χ1) is 14.2. The van der Waals surface area contributed by atoms with Crippen LogP contribution in [0.2, 0.25) is 0 Å². The van der Waals surface area contributed by atoms with Crippen LogP contribution < -0.4 is 20.1 Å². The van der Waals surface area contributed by atoms with Crippen molar-refractivity contribution >= 4 is 17.3 Å². The minimum Gasteiger partial charge on any atom is -0.496 e. The number of benzene rings is 2. The van der Waals surface area contributed by atoms with Gasteiger partial charge in [-0.05, 0) is 49.2 Å². The van der Waals surface area contributed by atoms with Crippen molar-refractivity contribution in [1.29, 1.82) is 0 Å². The molecule has 0 saturated carbocycles. The molecule has 0 fully saturated rings. The molecule has 150 valence electrons. The second-order valence-corrected chi connectivity index (χ2v) is 6.30. The molecule has 3 rings (SSSR count). The van der Waals surface area contributed by atoms with Gasteiger partial charge in [-0.1, -0.05) is 30.3 Å². The van der Waals surface area contributed by atoms with Gasteiger partial charge in [-0.2, -0.15) is 0 Å². The lowest BCUT2D eigenvalue weighted by Crippen LogP contribution is -2.26. The largest absolute Gasteiger partial charge is 0.496 e. The van der Waals surface area contributed by atoms with Crippen molar-refractivity contribution < 1.29 is 14.3 Å². The smallest absolute Gasteiger partial charge is 0.269 e. The number of pyridine rings is 1. The number of nitrogens with one attached hydrogen (secondary N) is 2. The Morgan fingerprint density at radius 2 is 1.79 bits per heavy atom. The van der Waals surface area contributed by atoms with Crippen LogP contribution in [0.1, 0.15) is 23.0 Å². The van der Waals surface area contributed by atoms with E-state index in [4.69, 9.17) is 9.47 Å².